The number of aromatic hydroxyl groups is 1. The average molecular weight is 304 g/mol. The molecule has 0 aliphatic carbocycles. The van der Waals surface area contributed by atoms with Crippen LogP contribution < -0.4 is 5.73 Å². The fraction of sp³-hybridized carbons (Fsp3) is 0.286. The summed E-state index contributed by atoms with van der Waals surface area (Å²) in [6.07, 6.45) is 0. The molecule has 0 radical (unpaired) electrons. The van der Waals surface area contributed by atoms with Crippen molar-refractivity contribution < 1.29 is 19.4 Å². The van der Waals surface area contributed by atoms with Gasteiger partial charge in [0, 0.05) is 18.5 Å². The maximum atomic E-state index is 11.1. The zero-order chi connectivity index (χ0) is 16.1. The lowest BCUT2D eigenvalue weighted by molar-refractivity contribution is -0.135. The van der Waals surface area contributed by atoms with Gasteiger partial charge in [0.2, 0.25) is 5.88 Å². The van der Waals surface area contributed by atoms with Gasteiger partial charge in [0.1, 0.15) is 0 Å². The molecule has 0 saturated carbocycles. The van der Waals surface area contributed by atoms with Crippen LogP contribution in [0.25, 0.3) is 10.9 Å². The molecule has 2 aromatic rings. The number of hydrogen-bond acceptors (Lipinski definition) is 5. The van der Waals surface area contributed by atoms with E-state index in [1.165, 1.54) is 0 Å². The zero-order valence-electron chi connectivity index (χ0n) is 12.0. The molecule has 8 nitrogen and oxygen atoms in total. The van der Waals surface area contributed by atoms with Crippen molar-refractivity contribution in [3.8, 4) is 5.88 Å². The Hall–Kier alpha value is -2.74. The number of azo groups is 1. The van der Waals surface area contributed by atoms with Gasteiger partial charge in [0.15, 0.2) is 5.69 Å². The third-order valence-electron chi connectivity index (χ3n) is 3.03. The molecule has 22 heavy (non-hydrogen) atoms. The summed E-state index contributed by atoms with van der Waals surface area (Å²) < 4.78 is 6.88. The maximum absolute atomic E-state index is 11.1. The van der Waals surface area contributed by atoms with Crippen molar-refractivity contribution in [2.45, 2.75) is 13.5 Å². The van der Waals surface area contributed by atoms with Gasteiger partial charge in [-0.1, -0.05) is 18.2 Å². The van der Waals surface area contributed by atoms with E-state index in [2.05, 4.69) is 10.2 Å². The second-order valence-corrected chi connectivity index (χ2v) is 4.41. The molecular formula is C14H16N4O4. The van der Waals surface area contributed by atoms with Gasteiger partial charge in [0.25, 0.3) is 0 Å². The van der Waals surface area contributed by atoms with Crippen LogP contribution in [0.2, 0.25) is 0 Å². The standard InChI is InChI=1S/C14H16N4O4/c1-2-22-8-7-18-10-6-4-3-5-9(10)11(14(18)21)16-17-13(20)12(15)19/h3-6,21H,2,7-8H2,1H3,(H2,15,19). The molecule has 1 heterocycles. The molecule has 0 fully saturated rings. The molecule has 1 aromatic carbocycles. The highest BCUT2D eigenvalue weighted by atomic mass is 16.5. The van der Waals surface area contributed by atoms with E-state index in [1.54, 1.807) is 22.8 Å². The van der Waals surface area contributed by atoms with Crippen molar-refractivity contribution in [2.75, 3.05) is 13.2 Å². The van der Waals surface area contributed by atoms with Gasteiger partial charge >= 0.3 is 11.8 Å². The molecule has 8 heteroatoms. The predicted molar refractivity (Wildman–Crippen MR) is 78.8 cm³/mol. The second kappa shape index (κ2) is 6.81. The van der Waals surface area contributed by atoms with E-state index in [9.17, 15) is 14.7 Å². The van der Waals surface area contributed by atoms with E-state index in [1.807, 2.05) is 13.0 Å². The number of amides is 2. The Bertz CT molecular complexity index is 736. The third-order valence-corrected chi connectivity index (χ3v) is 3.03. The van der Waals surface area contributed by atoms with Crippen molar-refractivity contribution in [2.24, 2.45) is 16.0 Å². The first-order valence-corrected chi connectivity index (χ1v) is 6.69. The number of hydrogen-bond donors (Lipinski definition) is 2. The number of fused-ring (bicyclic) bond motifs is 1. The molecule has 0 aliphatic heterocycles. The summed E-state index contributed by atoms with van der Waals surface area (Å²) >= 11 is 0. The minimum atomic E-state index is -1.21. The highest BCUT2D eigenvalue weighted by molar-refractivity contribution is 6.34. The van der Waals surface area contributed by atoms with Gasteiger partial charge < -0.3 is 20.1 Å². The molecule has 0 saturated heterocycles. The number of carbonyl (C=O) groups excluding carboxylic acids is 2. The average Bonchev–Trinajstić information content (AvgIpc) is 2.77. The van der Waals surface area contributed by atoms with Crippen LogP contribution in [0.15, 0.2) is 34.5 Å². The first kappa shape index (κ1) is 15.6. The third kappa shape index (κ3) is 3.12. The molecule has 116 valence electrons. The van der Waals surface area contributed by atoms with Crippen LogP contribution in [0, 0.1) is 0 Å². The Morgan fingerprint density at radius 1 is 1.36 bits per heavy atom. The SMILES string of the molecule is CCOCCn1c(O)c(N=NC(=O)C(N)=O)c2ccccc21. The Morgan fingerprint density at radius 3 is 2.77 bits per heavy atom. The van der Waals surface area contributed by atoms with Gasteiger partial charge in [-0.05, 0) is 13.0 Å². The minimum Gasteiger partial charge on any atom is -0.493 e. The van der Waals surface area contributed by atoms with Crippen molar-refractivity contribution in [3.63, 3.8) is 0 Å². The number of primary amides is 1. The Kier molecular flexibility index (Phi) is 4.84. The van der Waals surface area contributed by atoms with E-state index >= 15 is 0 Å². The van der Waals surface area contributed by atoms with Crippen LogP contribution in [0.5, 0.6) is 5.88 Å². The monoisotopic (exact) mass is 304 g/mol. The molecule has 0 spiro atoms. The van der Waals surface area contributed by atoms with Gasteiger partial charge in [0.05, 0.1) is 12.1 Å². The molecule has 0 unspecified atom stereocenters. The van der Waals surface area contributed by atoms with Crippen LogP contribution in [0.4, 0.5) is 5.69 Å². The molecule has 2 amide bonds. The molecule has 3 N–H and O–H groups in total. The largest absolute Gasteiger partial charge is 0.493 e. The van der Waals surface area contributed by atoms with E-state index < -0.39 is 11.8 Å². The number of rotatable bonds is 5. The zero-order valence-corrected chi connectivity index (χ0v) is 12.0. The Labute approximate surface area is 126 Å². The quantitative estimate of drug-likeness (QED) is 0.494. The van der Waals surface area contributed by atoms with Crippen molar-refractivity contribution >= 4 is 28.4 Å². The van der Waals surface area contributed by atoms with Crippen molar-refractivity contribution in [1.82, 2.24) is 4.57 Å². The summed E-state index contributed by atoms with van der Waals surface area (Å²) in [4.78, 5) is 21.8. The highest BCUT2D eigenvalue weighted by Crippen LogP contribution is 2.38. The molecular weight excluding hydrogens is 288 g/mol. The predicted octanol–water partition coefficient (Wildman–Crippen LogP) is 1.48. The highest BCUT2D eigenvalue weighted by Gasteiger charge is 2.17. The second-order valence-electron chi connectivity index (χ2n) is 4.41. The van der Waals surface area contributed by atoms with Gasteiger partial charge in [-0.15, -0.1) is 10.2 Å². The summed E-state index contributed by atoms with van der Waals surface area (Å²) in [5.41, 5.74) is 5.65. The lowest BCUT2D eigenvalue weighted by Crippen LogP contribution is -2.20. The summed E-state index contributed by atoms with van der Waals surface area (Å²) in [6.45, 7) is 3.28. The number of benzene rings is 1. The molecule has 0 aliphatic rings. The van der Waals surface area contributed by atoms with E-state index in [-0.39, 0.29) is 11.6 Å². The van der Waals surface area contributed by atoms with E-state index in [0.29, 0.717) is 25.1 Å². The lowest BCUT2D eigenvalue weighted by Gasteiger charge is -2.06. The molecule has 1 aromatic heterocycles. The fourth-order valence-corrected chi connectivity index (χ4v) is 2.04. The summed E-state index contributed by atoms with van der Waals surface area (Å²) in [5.74, 6) is -2.53. The van der Waals surface area contributed by atoms with Crippen LogP contribution in [-0.4, -0.2) is 34.7 Å². The summed E-state index contributed by atoms with van der Waals surface area (Å²) in [5, 5.41) is 17.8. The smallest absolute Gasteiger partial charge is 0.353 e. The van der Waals surface area contributed by atoms with E-state index in [0.717, 1.165) is 5.52 Å². The van der Waals surface area contributed by atoms with Gasteiger partial charge in [-0.25, -0.2) is 0 Å². The molecule has 0 atom stereocenters. The number of ether oxygens (including phenoxy) is 1. The Balaban J connectivity index is 2.43. The summed E-state index contributed by atoms with van der Waals surface area (Å²) in [6, 6.07) is 7.11. The number of carbonyl (C=O) groups is 2. The normalized spacial score (nSPS) is 11.3. The van der Waals surface area contributed by atoms with Crippen LogP contribution in [-0.2, 0) is 20.9 Å². The number of nitrogens with zero attached hydrogens (tertiary/aromatic N) is 3. The molecule has 0 bridgehead atoms. The fourth-order valence-electron chi connectivity index (χ4n) is 2.04. The van der Waals surface area contributed by atoms with Crippen LogP contribution in [0.3, 0.4) is 0 Å². The van der Waals surface area contributed by atoms with Crippen molar-refractivity contribution in [1.29, 1.82) is 0 Å². The van der Waals surface area contributed by atoms with Crippen LogP contribution >= 0.6 is 0 Å². The lowest BCUT2D eigenvalue weighted by atomic mass is 10.2. The first-order chi connectivity index (χ1) is 10.6. The van der Waals surface area contributed by atoms with Gasteiger partial charge in [-0.3, -0.25) is 9.59 Å². The molecule has 2 rings (SSSR count). The number of nitrogens with two attached hydrogens (primary N) is 1. The topological polar surface area (TPSA) is 119 Å². The number of aromatic nitrogens is 1. The minimum absolute atomic E-state index is 0.113. The summed E-state index contributed by atoms with van der Waals surface area (Å²) in [7, 11) is 0. The van der Waals surface area contributed by atoms with Gasteiger partial charge in [-0.2, -0.15) is 0 Å². The number of para-hydroxylation sites is 1. The Morgan fingerprint density at radius 2 is 2.09 bits per heavy atom. The maximum Gasteiger partial charge on any atom is 0.353 e. The van der Waals surface area contributed by atoms with E-state index in [4.69, 9.17) is 10.5 Å². The first-order valence-electron chi connectivity index (χ1n) is 6.69. The van der Waals surface area contributed by atoms with Crippen molar-refractivity contribution in [3.05, 3.63) is 24.3 Å². The van der Waals surface area contributed by atoms with Crippen LogP contribution in [0.1, 0.15) is 6.92 Å².